The zero-order valence-electron chi connectivity index (χ0n) is 10.1. The minimum Gasteiger partial charge on any atom is -0.505 e. The van der Waals surface area contributed by atoms with Crippen molar-refractivity contribution in [1.82, 2.24) is 0 Å². The summed E-state index contributed by atoms with van der Waals surface area (Å²) in [4.78, 5) is 12.2. The number of carbonyl (C=O) groups excluding carboxylic acids is 1. The van der Waals surface area contributed by atoms with Gasteiger partial charge in [0.2, 0.25) is 5.78 Å². The monoisotopic (exact) mass is 252 g/mol. The molecule has 4 nitrogen and oxygen atoms in total. The highest BCUT2D eigenvalue weighted by atomic mass is 16.3. The van der Waals surface area contributed by atoms with Crippen molar-refractivity contribution in [3.05, 3.63) is 77.5 Å². The fourth-order valence-corrected chi connectivity index (χ4v) is 1.67. The molecular formula is C15H12N2O2. The van der Waals surface area contributed by atoms with E-state index in [4.69, 9.17) is 5.53 Å². The number of nitrogens with zero attached hydrogens (tertiary/aromatic N) is 1. The van der Waals surface area contributed by atoms with E-state index in [1.807, 2.05) is 0 Å². The van der Waals surface area contributed by atoms with Crippen molar-refractivity contribution in [1.29, 1.82) is 5.53 Å². The first-order valence-electron chi connectivity index (χ1n) is 5.70. The summed E-state index contributed by atoms with van der Waals surface area (Å²) in [5, 5.41) is 13.2. The summed E-state index contributed by atoms with van der Waals surface area (Å²) in [6.45, 7) is 0. The first kappa shape index (κ1) is 12.7. The predicted octanol–water partition coefficient (Wildman–Crippen LogP) is 3.83. The van der Waals surface area contributed by atoms with Crippen LogP contribution in [0.1, 0.15) is 15.9 Å². The molecule has 2 aromatic rings. The average Bonchev–Trinajstić information content (AvgIpc) is 2.49. The van der Waals surface area contributed by atoms with Crippen LogP contribution in [-0.4, -0.2) is 10.9 Å². The molecule has 0 aliphatic heterocycles. The number of aliphatic hydroxyl groups is 1. The third-order valence-corrected chi connectivity index (χ3v) is 2.63. The maximum Gasteiger partial charge on any atom is 0.217 e. The molecule has 94 valence electrons. The van der Waals surface area contributed by atoms with Crippen LogP contribution in [0.5, 0.6) is 0 Å². The van der Waals surface area contributed by atoms with E-state index >= 15 is 0 Å². The Balaban J connectivity index is 2.45. The molecule has 0 fully saturated rings. The van der Waals surface area contributed by atoms with Crippen molar-refractivity contribution in [3.63, 3.8) is 0 Å². The second-order valence-corrected chi connectivity index (χ2v) is 3.87. The molecule has 0 radical (unpaired) electrons. The van der Waals surface area contributed by atoms with E-state index in [-0.39, 0.29) is 11.5 Å². The van der Waals surface area contributed by atoms with Gasteiger partial charge in [0.15, 0.2) is 11.5 Å². The smallest absolute Gasteiger partial charge is 0.217 e. The highest BCUT2D eigenvalue weighted by molar-refractivity contribution is 6.11. The fourth-order valence-electron chi connectivity index (χ4n) is 1.67. The number of nitrogens with one attached hydrogen (secondary N) is 1. The summed E-state index contributed by atoms with van der Waals surface area (Å²) in [6.07, 6.45) is 0. The zero-order valence-corrected chi connectivity index (χ0v) is 10.1. The third-order valence-electron chi connectivity index (χ3n) is 2.63. The lowest BCUT2D eigenvalue weighted by atomic mass is 10.1. The molecule has 2 rings (SSSR count). The maximum absolute atomic E-state index is 12.2. The number of rotatable bonds is 4. The number of hydrogen-bond donors (Lipinski definition) is 2. The van der Waals surface area contributed by atoms with Gasteiger partial charge in [-0.2, -0.15) is 5.11 Å². The fraction of sp³-hybridized carbons (Fsp3) is 0. The molecule has 0 amide bonds. The molecule has 0 atom stereocenters. The third kappa shape index (κ3) is 2.74. The second kappa shape index (κ2) is 5.73. The summed E-state index contributed by atoms with van der Waals surface area (Å²) in [7, 11) is 0. The zero-order chi connectivity index (χ0) is 13.7. The number of hydrogen-bond acceptors (Lipinski definition) is 4. The van der Waals surface area contributed by atoms with E-state index in [0.717, 1.165) is 0 Å². The molecule has 0 saturated heterocycles. The Labute approximate surface area is 110 Å². The molecule has 4 heteroatoms. The predicted molar refractivity (Wildman–Crippen MR) is 71.9 cm³/mol. The molecule has 19 heavy (non-hydrogen) atoms. The minimum absolute atomic E-state index is 0.266. The number of carbonyl (C=O) groups is 1. The summed E-state index contributed by atoms with van der Waals surface area (Å²) >= 11 is 0. The maximum atomic E-state index is 12.2. The van der Waals surface area contributed by atoms with Crippen LogP contribution in [-0.2, 0) is 0 Å². The highest BCUT2D eigenvalue weighted by Gasteiger charge is 2.17. The molecule has 0 unspecified atom stereocenters. The van der Waals surface area contributed by atoms with Crippen LogP contribution in [0.25, 0.3) is 5.76 Å². The van der Waals surface area contributed by atoms with Crippen LogP contribution in [0.3, 0.4) is 0 Å². The quantitative estimate of drug-likeness (QED) is 0.375. The molecular weight excluding hydrogens is 240 g/mol. The van der Waals surface area contributed by atoms with Crippen molar-refractivity contribution in [2.45, 2.75) is 0 Å². The van der Waals surface area contributed by atoms with Crippen LogP contribution < -0.4 is 0 Å². The van der Waals surface area contributed by atoms with E-state index < -0.39 is 5.78 Å². The number of ketones is 1. The van der Waals surface area contributed by atoms with Gasteiger partial charge >= 0.3 is 0 Å². The Morgan fingerprint density at radius 3 is 1.84 bits per heavy atom. The van der Waals surface area contributed by atoms with Gasteiger partial charge in [-0.25, -0.2) is 5.53 Å². The largest absolute Gasteiger partial charge is 0.505 e. The highest BCUT2D eigenvalue weighted by Crippen LogP contribution is 2.20. The van der Waals surface area contributed by atoms with Gasteiger partial charge in [-0.3, -0.25) is 4.79 Å². The first-order chi connectivity index (χ1) is 9.24. The minimum atomic E-state index is -0.475. The van der Waals surface area contributed by atoms with Gasteiger partial charge in [-0.1, -0.05) is 60.7 Å². The van der Waals surface area contributed by atoms with E-state index in [0.29, 0.717) is 11.1 Å². The van der Waals surface area contributed by atoms with E-state index in [1.165, 1.54) is 0 Å². The van der Waals surface area contributed by atoms with Crippen LogP contribution in [0, 0.1) is 5.53 Å². The lowest BCUT2D eigenvalue weighted by molar-refractivity contribution is 0.103. The van der Waals surface area contributed by atoms with Gasteiger partial charge < -0.3 is 5.11 Å². The summed E-state index contributed by atoms with van der Waals surface area (Å²) in [5.41, 5.74) is 7.68. The summed E-state index contributed by atoms with van der Waals surface area (Å²) < 4.78 is 0. The van der Waals surface area contributed by atoms with Gasteiger partial charge in [0.05, 0.1) is 0 Å². The van der Waals surface area contributed by atoms with Gasteiger partial charge in [-0.05, 0) is 0 Å². The van der Waals surface area contributed by atoms with Crippen molar-refractivity contribution >= 4 is 11.5 Å². The van der Waals surface area contributed by atoms with Gasteiger partial charge in [0, 0.05) is 11.1 Å². The van der Waals surface area contributed by atoms with Gasteiger partial charge in [-0.15, -0.1) is 0 Å². The van der Waals surface area contributed by atoms with E-state index in [9.17, 15) is 9.90 Å². The molecule has 0 aromatic heterocycles. The summed E-state index contributed by atoms with van der Waals surface area (Å²) in [5.74, 6) is -0.763. The van der Waals surface area contributed by atoms with Crippen LogP contribution in [0.2, 0.25) is 0 Å². The van der Waals surface area contributed by atoms with Gasteiger partial charge in [0.1, 0.15) is 0 Å². The molecule has 0 heterocycles. The topological polar surface area (TPSA) is 73.5 Å². The SMILES string of the molecule is N=N/C(C(=O)c1ccccc1)=C(/O)c1ccccc1. The molecule has 0 spiro atoms. The Bertz CT molecular complexity index is 619. The van der Waals surface area contributed by atoms with Crippen LogP contribution in [0.4, 0.5) is 0 Å². The Hall–Kier alpha value is -2.75. The number of aliphatic hydroxyl groups excluding tert-OH is 1. The molecule has 2 aromatic carbocycles. The van der Waals surface area contributed by atoms with Crippen molar-refractivity contribution in [3.8, 4) is 0 Å². The van der Waals surface area contributed by atoms with Crippen LogP contribution in [0.15, 0.2) is 71.5 Å². The second-order valence-electron chi connectivity index (χ2n) is 3.87. The number of allylic oxidation sites excluding steroid dienone is 1. The Kier molecular flexibility index (Phi) is 3.83. The van der Waals surface area contributed by atoms with Crippen molar-refractivity contribution in [2.24, 2.45) is 5.11 Å². The molecule has 0 aliphatic rings. The average molecular weight is 252 g/mol. The Morgan fingerprint density at radius 1 is 0.895 bits per heavy atom. The first-order valence-corrected chi connectivity index (χ1v) is 5.70. The van der Waals surface area contributed by atoms with Crippen LogP contribution >= 0.6 is 0 Å². The van der Waals surface area contributed by atoms with Crippen molar-refractivity contribution < 1.29 is 9.90 Å². The normalized spacial score (nSPS) is 11.6. The van der Waals surface area contributed by atoms with E-state index in [2.05, 4.69) is 5.11 Å². The van der Waals surface area contributed by atoms with E-state index in [1.54, 1.807) is 60.7 Å². The molecule has 2 N–H and O–H groups in total. The Morgan fingerprint density at radius 2 is 1.37 bits per heavy atom. The standard InChI is InChI=1S/C15H12N2O2/c16-17-13(14(18)11-7-3-1-4-8-11)15(19)12-9-5-2-6-10-12/h1-10,16,18H/b14-13+,17-16?. The lowest BCUT2D eigenvalue weighted by Crippen LogP contribution is -2.04. The number of benzene rings is 2. The molecule has 0 bridgehead atoms. The molecule has 0 aliphatic carbocycles. The van der Waals surface area contributed by atoms with Gasteiger partial charge in [0.25, 0.3) is 0 Å². The van der Waals surface area contributed by atoms with Crippen molar-refractivity contribution in [2.75, 3.05) is 0 Å². The number of Topliss-reactive ketones (excluding diaryl/α,β-unsaturated/α-hetero) is 1. The molecule has 0 saturated carbocycles. The summed E-state index contributed by atoms with van der Waals surface area (Å²) in [6, 6.07) is 17.0. The lowest BCUT2D eigenvalue weighted by Gasteiger charge is -2.05.